The number of aromatic nitrogens is 1. The van der Waals surface area contributed by atoms with Crippen molar-refractivity contribution in [1.82, 2.24) is 10.3 Å². The molecule has 5 nitrogen and oxygen atoms in total. The van der Waals surface area contributed by atoms with Crippen molar-refractivity contribution < 1.29 is 22.8 Å². The Hall–Kier alpha value is -2.42. The number of halogens is 3. The molecule has 9 heteroatoms. The minimum absolute atomic E-state index is 0.0273. The van der Waals surface area contributed by atoms with Crippen LogP contribution in [0.1, 0.15) is 25.6 Å². The highest BCUT2D eigenvalue weighted by Gasteiger charge is 2.28. The Morgan fingerprint density at radius 1 is 1.26 bits per heavy atom. The fourth-order valence-electron chi connectivity index (χ4n) is 1.69. The van der Waals surface area contributed by atoms with Crippen molar-refractivity contribution in [3.8, 4) is 0 Å². The molecular weight excluding hydrogens is 331 g/mol. The summed E-state index contributed by atoms with van der Waals surface area (Å²) in [5.74, 6) is -1.26. The molecule has 1 aromatic heterocycles. The van der Waals surface area contributed by atoms with Crippen LogP contribution in [0.25, 0.3) is 0 Å². The maximum atomic E-state index is 12.1. The Balaban J connectivity index is 2.12. The van der Waals surface area contributed by atoms with Crippen LogP contribution in [-0.2, 0) is 0 Å². The number of nitrogens with zero attached hydrogens (tertiary/aromatic N) is 1. The first-order chi connectivity index (χ1) is 10.8. The van der Waals surface area contributed by atoms with E-state index in [1.54, 1.807) is 18.3 Å². The zero-order chi connectivity index (χ0) is 17.0. The molecule has 23 heavy (non-hydrogen) atoms. The molecule has 2 rings (SSSR count). The summed E-state index contributed by atoms with van der Waals surface area (Å²) in [6.45, 7) is 0.294. The van der Waals surface area contributed by atoms with Gasteiger partial charge in [0.15, 0.2) is 0 Å². The van der Waals surface area contributed by atoms with Gasteiger partial charge in [-0.2, -0.15) is 13.2 Å². The predicted molar refractivity (Wildman–Crippen MR) is 79.6 cm³/mol. The smallest absolute Gasteiger partial charge is 0.343 e. The number of hydrogen-bond donors (Lipinski definition) is 2. The van der Waals surface area contributed by atoms with E-state index in [4.69, 9.17) is 0 Å². The van der Waals surface area contributed by atoms with Gasteiger partial charge in [-0.3, -0.25) is 14.6 Å². The highest BCUT2D eigenvalue weighted by Crippen LogP contribution is 2.19. The number of carbonyl (C=O) groups is 2. The fourth-order valence-corrected chi connectivity index (χ4v) is 2.21. The molecule has 0 aliphatic heterocycles. The van der Waals surface area contributed by atoms with Crippen molar-refractivity contribution in [3.05, 3.63) is 45.9 Å². The molecule has 0 atom stereocenters. The highest BCUT2D eigenvalue weighted by molar-refractivity contribution is 7.11. The fraction of sp³-hybridized carbons (Fsp3) is 0.214. The van der Waals surface area contributed by atoms with Gasteiger partial charge in [0.05, 0.1) is 11.7 Å². The molecule has 0 saturated carbocycles. The van der Waals surface area contributed by atoms with Gasteiger partial charge >= 0.3 is 6.18 Å². The van der Waals surface area contributed by atoms with Gasteiger partial charge in [-0.1, -0.05) is 6.07 Å². The number of hydrogen-bond acceptors (Lipinski definition) is 4. The van der Waals surface area contributed by atoms with E-state index in [1.807, 2.05) is 0 Å². The number of nitrogens with one attached hydrogen (secondary N) is 2. The van der Waals surface area contributed by atoms with Crippen LogP contribution in [0, 0.1) is 6.92 Å². The lowest BCUT2D eigenvalue weighted by molar-refractivity contribution is -0.123. The molecule has 122 valence electrons. The quantitative estimate of drug-likeness (QED) is 0.896. The summed E-state index contributed by atoms with van der Waals surface area (Å²) in [5, 5.41) is 4.39. The molecule has 0 aliphatic carbocycles. The van der Waals surface area contributed by atoms with E-state index in [0.29, 0.717) is 16.1 Å². The number of aryl methyl sites for hydroxylation is 1. The Morgan fingerprint density at radius 3 is 2.61 bits per heavy atom. The number of benzene rings is 1. The number of carbonyl (C=O) groups excluding carboxylic acids is 2. The third-order valence-corrected chi connectivity index (χ3v) is 3.63. The summed E-state index contributed by atoms with van der Waals surface area (Å²) < 4.78 is 36.4. The molecule has 1 aromatic carbocycles. The zero-order valence-corrected chi connectivity index (χ0v) is 12.7. The molecule has 0 bridgehead atoms. The van der Waals surface area contributed by atoms with Gasteiger partial charge in [0.1, 0.15) is 11.4 Å². The largest absolute Gasteiger partial charge is 0.405 e. The van der Waals surface area contributed by atoms with Crippen LogP contribution < -0.4 is 10.6 Å². The molecule has 0 saturated heterocycles. The van der Waals surface area contributed by atoms with Crippen LogP contribution in [0.5, 0.6) is 0 Å². The van der Waals surface area contributed by atoms with E-state index in [-0.39, 0.29) is 5.56 Å². The van der Waals surface area contributed by atoms with Gasteiger partial charge < -0.3 is 10.6 Å². The van der Waals surface area contributed by atoms with Crippen LogP contribution in [0.4, 0.5) is 18.9 Å². The average molecular weight is 343 g/mol. The summed E-state index contributed by atoms with van der Waals surface area (Å²) in [7, 11) is 0. The maximum Gasteiger partial charge on any atom is 0.405 e. The minimum atomic E-state index is -4.48. The van der Waals surface area contributed by atoms with Crippen LogP contribution >= 0.6 is 11.3 Å². The third kappa shape index (κ3) is 4.78. The Bertz CT molecular complexity index is 715. The van der Waals surface area contributed by atoms with E-state index in [2.05, 4.69) is 10.3 Å². The minimum Gasteiger partial charge on any atom is -0.343 e. The molecule has 0 fully saturated rings. The van der Waals surface area contributed by atoms with E-state index in [9.17, 15) is 22.8 Å². The van der Waals surface area contributed by atoms with Gasteiger partial charge in [0.2, 0.25) is 0 Å². The summed E-state index contributed by atoms with van der Waals surface area (Å²) in [6.07, 6.45) is -3.08. The summed E-state index contributed by atoms with van der Waals surface area (Å²) in [5.41, 5.74) is 2.56. The normalized spacial score (nSPS) is 11.1. The Morgan fingerprint density at radius 2 is 2.00 bits per heavy atom. The van der Waals surface area contributed by atoms with Crippen LogP contribution in [-0.4, -0.2) is 29.5 Å². The number of alkyl halides is 3. The first kappa shape index (κ1) is 16.9. The second-order valence-electron chi connectivity index (χ2n) is 4.65. The van der Waals surface area contributed by atoms with Gasteiger partial charge in [-0.25, -0.2) is 0 Å². The molecule has 2 N–H and O–H groups in total. The molecule has 0 spiro atoms. The van der Waals surface area contributed by atoms with Gasteiger partial charge in [-0.05, 0) is 24.6 Å². The van der Waals surface area contributed by atoms with Crippen molar-refractivity contribution in [1.29, 1.82) is 0 Å². The average Bonchev–Trinajstić information content (AvgIpc) is 3.00. The monoisotopic (exact) mass is 343 g/mol. The Kier molecular flexibility index (Phi) is 4.99. The zero-order valence-electron chi connectivity index (χ0n) is 11.9. The van der Waals surface area contributed by atoms with Crippen LogP contribution in [0.2, 0.25) is 0 Å². The van der Waals surface area contributed by atoms with E-state index in [1.165, 1.54) is 23.8 Å². The first-order valence-electron chi connectivity index (χ1n) is 6.42. The van der Waals surface area contributed by atoms with Crippen molar-refractivity contribution >= 4 is 28.8 Å². The number of amides is 2. The van der Waals surface area contributed by atoms with Crippen molar-refractivity contribution in [3.63, 3.8) is 0 Å². The Labute approximate surface area is 133 Å². The third-order valence-electron chi connectivity index (χ3n) is 2.85. The van der Waals surface area contributed by atoms with Gasteiger partial charge in [0.25, 0.3) is 11.8 Å². The number of rotatable bonds is 4. The van der Waals surface area contributed by atoms with E-state index < -0.39 is 24.5 Å². The lowest BCUT2D eigenvalue weighted by Gasteiger charge is -2.11. The second-order valence-corrected chi connectivity index (χ2v) is 5.53. The highest BCUT2D eigenvalue weighted by atomic mass is 32.1. The van der Waals surface area contributed by atoms with Crippen molar-refractivity contribution in [2.24, 2.45) is 0 Å². The first-order valence-corrected chi connectivity index (χ1v) is 7.29. The number of thiazole rings is 1. The lowest BCUT2D eigenvalue weighted by atomic mass is 10.1. The van der Waals surface area contributed by atoms with Crippen LogP contribution in [0.15, 0.2) is 29.9 Å². The van der Waals surface area contributed by atoms with Gasteiger partial charge in [-0.15, -0.1) is 11.3 Å². The molecule has 0 radical (unpaired) electrons. The molecule has 2 amide bonds. The van der Waals surface area contributed by atoms with Gasteiger partial charge in [0, 0.05) is 11.3 Å². The summed E-state index contributed by atoms with van der Waals surface area (Å²) in [6, 6.07) is 4.27. The molecule has 2 aromatic rings. The summed E-state index contributed by atoms with van der Waals surface area (Å²) >= 11 is 1.15. The molecule has 0 unspecified atom stereocenters. The predicted octanol–water partition coefficient (Wildman–Crippen LogP) is 3.00. The topological polar surface area (TPSA) is 71.1 Å². The SMILES string of the molecule is Cc1ccc(C(=O)NCC(F)(F)F)cc1NC(=O)c1cncs1. The van der Waals surface area contributed by atoms with E-state index in [0.717, 1.165) is 11.3 Å². The second kappa shape index (κ2) is 6.78. The molecule has 0 aliphatic rings. The van der Waals surface area contributed by atoms with Crippen molar-refractivity contribution in [2.45, 2.75) is 13.1 Å². The molecular formula is C14H12F3N3O2S. The standard InChI is InChI=1S/C14H12F3N3O2S/c1-8-2-3-9(12(21)19-6-14(15,16)17)4-10(8)20-13(22)11-5-18-7-23-11/h2-5,7H,6H2,1H3,(H,19,21)(H,20,22). The summed E-state index contributed by atoms with van der Waals surface area (Å²) in [4.78, 5) is 27.9. The van der Waals surface area contributed by atoms with E-state index >= 15 is 0 Å². The molecule has 1 heterocycles. The van der Waals surface area contributed by atoms with Crippen LogP contribution in [0.3, 0.4) is 0 Å². The van der Waals surface area contributed by atoms with Crippen molar-refractivity contribution in [2.75, 3.05) is 11.9 Å². The lowest BCUT2D eigenvalue weighted by Crippen LogP contribution is -2.33. The maximum absolute atomic E-state index is 12.1. The number of anilines is 1.